The molecule has 0 spiro atoms. The van der Waals surface area contributed by atoms with Gasteiger partial charge in [-0.05, 0) is 24.3 Å². The number of hydrogen-bond acceptors (Lipinski definition) is 4. The Kier molecular flexibility index (Phi) is 4.50. The molecule has 3 rings (SSSR count). The molecule has 1 aromatic carbocycles. The Bertz CT molecular complexity index is 656. The van der Waals surface area contributed by atoms with Crippen molar-refractivity contribution < 1.29 is 9.53 Å². The minimum atomic E-state index is -0.293. The summed E-state index contributed by atoms with van der Waals surface area (Å²) in [5, 5.41) is 6.93. The van der Waals surface area contributed by atoms with Crippen molar-refractivity contribution in [1.29, 1.82) is 0 Å². The quantitative estimate of drug-likeness (QED) is 0.911. The number of aromatic amines is 1. The van der Waals surface area contributed by atoms with Gasteiger partial charge >= 0.3 is 6.09 Å². The van der Waals surface area contributed by atoms with Crippen LogP contribution in [-0.4, -0.2) is 27.7 Å². The van der Waals surface area contributed by atoms with Gasteiger partial charge in [-0.3, -0.25) is 10.00 Å². The number of benzene rings is 1. The second kappa shape index (κ2) is 6.73. The van der Waals surface area contributed by atoms with Crippen LogP contribution in [0.3, 0.4) is 0 Å². The van der Waals surface area contributed by atoms with Crippen molar-refractivity contribution in [2.75, 3.05) is 12.3 Å². The van der Waals surface area contributed by atoms with Gasteiger partial charge in [-0.15, -0.1) is 0 Å². The van der Waals surface area contributed by atoms with Crippen molar-refractivity contribution in [2.24, 2.45) is 5.92 Å². The molecule has 1 fully saturated rings. The number of ether oxygens (including phenoxy) is 1. The molecular formula is C17H22N4O2. The topological polar surface area (TPSA) is 84.2 Å². The Morgan fingerprint density at radius 1 is 1.43 bits per heavy atom. The van der Waals surface area contributed by atoms with Gasteiger partial charge in [0.05, 0.1) is 11.7 Å². The van der Waals surface area contributed by atoms with Crippen LogP contribution in [0.4, 0.5) is 10.6 Å². The lowest BCUT2D eigenvalue weighted by molar-refractivity contribution is 0.0502. The summed E-state index contributed by atoms with van der Waals surface area (Å²) >= 11 is 0. The standard InChI is InChI=1S/C17H22N4O2/c1-12-6-5-9-21(16(12)14-10-15(18)20-19-14)17(22)23-11-13-7-3-2-4-8-13/h2-4,7-8,10,12,16H,5-6,9,11H2,1H3,(H3,18,19,20). The maximum atomic E-state index is 12.5. The van der Waals surface area contributed by atoms with Crippen molar-refractivity contribution >= 4 is 11.9 Å². The number of H-pyrrole nitrogens is 1. The molecule has 23 heavy (non-hydrogen) atoms. The van der Waals surface area contributed by atoms with Gasteiger partial charge in [0.2, 0.25) is 0 Å². The number of anilines is 1. The molecule has 2 heterocycles. The fraction of sp³-hybridized carbons (Fsp3) is 0.412. The predicted octanol–water partition coefficient (Wildman–Crippen LogP) is 3.10. The van der Waals surface area contributed by atoms with Crippen molar-refractivity contribution in [3.63, 3.8) is 0 Å². The summed E-state index contributed by atoms with van der Waals surface area (Å²) in [4.78, 5) is 14.3. The Balaban J connectivity index is 1.71. The molecule has 122 valence electrons. The molecule has 2 unspecified atom stereocenters. The van der Waals surface area contributed by atoms with E-state index in [9.17, 15) is 4.79 Å². The first-order chi connectivity index (χ1) is 11.1. The number of rotatable bonds is 3. The molecule has 2 atom stereocenters. The average Bonchev–Trinajstić information content (AvgIpc) is 2.99. The minimum Gasteiger partial charge on any atom is -0.445 e. The number of carbonyl (C=O) groups is 1. The fourth-order valence-corrected chi connectivity index (χ4v) is 3.17. The van der Waals surface area contributed by atoms with Gasteiger partial charge in [0.25, 0.3) is 0 Å². The van der Waals surface area contributed by atoms with Gasteiger partial charge in [-0.2, -0.15) is 5.10 Å². The Morgan fingerprint density at radius 3 is 2.91 bits per heavy atom. The molecule has 1 aliphatic rings. The molecule has 0 radical (unpaired) electrons. The Labute approximate surface area is 135 Å². The van der Waals surface area contributed by atoms with E-state index in [1.165, 1.54) is 0 Å². The zero-order valence-electron chi connectivity index (χ0n) is 13.2. The summed E-state index contributed by atoms with van der Waals surface area (Å²) in [6, 6.07) is 11.4. The van der Waals surface area contributed by atoms with Crippen LogP contribution in [0.5, 0.6) is 0 Å². The first-order valence-corrected chi connectivity index (χ1v) is 7.93. The fourth-order valence-electron chi connectivity index (χ4n) is 3.17. The number of nitrogens with zero attached hydrogens (tertiary/aromatic N) is 2. The lowest BCUT2D eigenvalue weighted by Crippen LogP contribution is -2.42. The van der Waals surface area contributed by atoms with E-state index < -0.39 is 0 Å². The molecule has 1 amide bonds. The summed E-state index contributed by atoms with van der Waals surface area (Å²) in [6.07, 6.45) is 1.74. The number of aromatic nitrogens is 2. The van der Waals surface area contributed by atoms with Crippen LogP contribution in [0.15, 0.2) is 36.4 Å². The molecule has 3 N–H and O–H groups in total. The maximum Gasteiger partial charge on any atom is 0.410 e. The lowest BCUT2D eigenvalue weighted by atomic mass is 9.89. The van der Waals surface area contributed by atoms with Gasteiger partial charge in [-0.25, -0.2) is 4.79 Å². The number of carbonyl (C=O) groups excluding carboxylic acids is 1. The Morgan fingerprint density at radius 2 is 2.22 bits per heavy atom. The highest BCUT2D eigenvalue weighted by atomic mass is 16.6. The van der Waals surface area contributed by atoms with E-state index in [0.717, 1.165) is 24.1 Å². The van der Waals surface area contributed by atoms with Gasteiger partial charge in [-0.1, -0.05) is 37.3 Å². The van der Waals surface area contributed by atoms with Crippen LogP contribution in [-0.2, 0) is 11.3 Å². The average molecular weight is 314 g/mol. The van der Waals surface area contributed by atoms with Crippen molar-refractivity contribution in [3.05, 3.63) is 47.7 Å². The van der Waals surface area contributed by atoms with Crippen LogP contribution in [0.25, 0.3) is 0 Å². The molecule has 0 saturated carbocycles. The van der Waals surface area contributed by atoms with E-state index in [1.54, 1.807) is 11.0 Å². The molecule has 2 aromatic rings. The van der Waals surface area contributed by atoms with Crippen molar-refractivity contribution in [3.8, 4) is 0 Å². The number of amides is 1. The van der Waals surface area contributed by atoms with Crippen LogP contribution in [0.1, 0.15) is 37.1 Å². The van der Waals surface area contributed by atoms with E-state index >= 15 is 0 Å². The van der Waals surface area contributed by atoms with Crippen LogP contribution in [0.2, 0.25) is 0 Å². The zero-order valence-corrected chi connectivity index (χ0v) is 13.2. The lowest BCUT2D eigenvalue weighted by Gasteiger charge is -2.38. The van der Waals surface area contributed by atoms with E-state index in [1.807, 2.05) is 30.3 Å². The smallest absolute Gasteiger partial charge is 0.410 e. The first-order valence-electron chi connectivity index (χ1n) is 7.93. The normalized spacial score (nSPS) is 21.2. The summed E-state index contributed by atoms with van der Waals surface area (Å²) in [5.74, 6) is 0.767. The third kappa shape index (κ3) is 3.47. The number of hydrogen-bond donors (Lipinski definition) is 2. The van der Waals surface area contributed by atoms with Crippen molar-refractivity contribution in [1.82, 2.24) is 15.1 Å². The van der Waals surface area contributed by atoms with Crippen LogP contribution in [0, 0.1) is 5.92 Å². The first kappa shape index (κ1) is 15.4. The summed E-state index contributed by atoms with van der Waals surface area (Å²) in [6.45, 7) is 3.10. The number of nitrogen functional groups attached to an aromatic ring is 1. The van der Waals surface area contributed by atoms with E-state index in [-0.39, 0.29) is 18.7 Å². The molecule has 1 aromatic heterocycles. The van der Waals surface area contributed by atoms with Crippen LogP contribution < -0.4 is 5.73 Å². The summed E-state index contributed by atoms with van der Waals surface area (Å²) in [7, 11) is 0. The highest BCUT2D eigenvalue weighted by Crippen LogP contribution is 2.35. The Hall–Kier alpha value is -2.50. The largest absolute Gasteiger partial charge is 0.445 e. The second-order valence-electron chi connectivity index (χ2n) is 6.05. The van der Waals surface area contributed by atoms with E-state index in [4.69, 9.17) is 10.5 Å². The SMILES string of the molecule is CC1CCCN(C(=O)OCc2ccccc2)C1c1cc(N)n[nH]1. The molecule has 1 saturated heterocycles. The number of nitrogens with one attached hydrogen (secondary N) is 1. The third-order valence-electron chi connectivity index (χ3n) is 4.31. The van der Waals surface area contributed by atoms with Crippen LogP contribution >= 0.6 is 0 Å². The van der Waals surface area contributed by atoms with Gasteiger partial charge in [0, 0.05) is 12.6 Å². The molecule has 6 nitrogen and oxygen atoms in total. The van der Waals surface area contributed by atoms with E-state index in [2.05, 4.69) is 17.1 Å². The van der Waals surface area contributed by atoms with Crippen molar-refractivity contribution in [2.45, 2.75) is 32.4 Å². The predicted molar refractivity (Wildman–Crippen MR) is 87.5 cm³/mol. The van der Waals surface area contributed by atoms with E-state index in [0.29, 0.717) is 18.3 Å². The number of nitrogens with two attached hydrogens (primary N) is 1. The summed E-state index contributed by atoms with van der Waals surface area (Å²) in [5.41, 5.74) is 7.56. The van der Waals surface area contributed by atoms with Gasteiger partial charge in [0.15, 0.2) is 0 Å². The van der Waals surface area contributed by atoms with Gasteiger partial charge < -0.3 is 10.5 Å². The number of likely N-dealkylation sites (tertiary alicyclic amines) is 1. The number of piperidine rings is 1. The monoisotopic (exact) mass is 314 g/mol. The second-order valence-corrected chi connectivity index (χ2v) is 6.05. The third-order valence-corrected chi connectivity index (χ3v) is 4.31. The molecule has 1 aliphatic heterocycles. The molecule has 0 bridgehead atoms. The summed E-state index contributed by atoms with van der Waals surface area (Å²) < 4.78 is 5.50. The highest BCUT2D eigenvalue weighted by Gasteiger charge is 2.35. The highest BCUT2D eigenvalue weighted by molar-refractivity contribution is 5.68. The van der Waals surface area contributed by atoms with Gasteiger partial charge in [0.1, 0.15) is 12.4 Å². The maximum absolute atomic E-state index is 12.5. The zero-order chi connectivity index (χ0) is 16.2. The molecular weight excluding hydrogens is 292 g/mol. The minimum absolute atomic E-state index is 0.0724. The molecule has 6 heteroatoms. The molecule has 0 aliphatic carbocycles.